The van der Waals surface area contributed by atoms with Crippen LogP contribution in [0, 0.1) is 5.92 Å². The number of carboxylic acids is 1. The third kappa shape index (κ3) is 2.15. The molecule has 0 aromatic rings. The van der Waals surface area contributed by atoms with E-state index in [1.165, 1.54) is 0 Å². The van der Waals surface area contributed by atoms with E-state index in [-0.39, 0.29) is 12.3 Å². The summed E-state index contributed by atoms with van der Waals surface area (Å²) < 4.78 is 10.8. The van der Waals surface area contributed by atoms with Gasteiger partial charge in [0.25, 0.3) is 5.79 Å². The van der Waals surface area contributed by atoms with E-state index in [0.717, 1.165) is 0 Å². The van der Waals surface area contributed by atoms with E-state index in [2.05, 4.69) is 10.0 Å². The van der Waals surface area contributed by atoms with Gasteiger partial charge >= 0.3 is 5.97 Å². The van der Waals surface area contributed by atoms with Crippen molar-refractivity contribution in [2.24, 2.45) is 11.0 Å². The van der Waals surface area contributed by atoms with Gasteiger partial charge in [-0.25, -0.2) is 4.79 Å². The Kier molecular flexibility index (Phi) is 3.66. The zero-order chi connectivity index (χ0) is 14.2. The molecule has 0 aromatic carbocycles. The first-order valence-electron chi connectivity index (χ1n) is 5.87. The lowest BCUT2D eigenvalue weighted by Crippen LogP contribution is -2.50. The number of aliphatic hydroxyl groups excluding tert-OH is 2. The fourth-order valence-corrected chi connectivity index (χ4v) is 2.54. The van der Waals surface area contributed by atoms with E-state index < -0.39 is 42.7 Å². The van der Waals surface area contributed by atoms with Gasteiger partial charge in [-0.2, -0.15) is 0 Å². The van der Waals surface area contributed by atoms with Gasteiger partial charge < -0.3 is 24.8 Å². The highest BCUT2D eigenvalue weighted by Crippen LogP contribution is 2.44. The lowest BCUT2D eigenvalue weighted by molar-refractivity contribution is -0.236. The van der Waals surface area contributed by atoms with Gasteiger partial charge in [-0.1, -0.05) is 12.0 Å². The number of nitrogens with zero attached hydrogens (tertiary/aromatic N) is 3. The van der Waals surface area contributed by atoms with Crippen LogP contribution in [0.2, 0.25) is 0 Å². The Morgan fingerprint density at radius 3 is 2.84 bits per heavy atom. The van der Waals surface area contributed by atoms with E-state index in [9.17, 15) is 20.1 Å². The van der Waals surface area contributed by atoms with Gasteiger partial charge in [0.1, 0.15) is 0 Å². The Bertz CT molecular complexity index is 425. The van der Waals surface area contributed by atoms with Gasteiger partial charge in [0.15, 0.2) is 0 Å². The van der Waals surface area contributed by atoms with Gasteiger partial charge in [-0.05, 0) is 5.53 Å². The van der Waals surface area contributed by atoms with E-state index in [4.69, 9.17) is 15.0 Å². The fourth-order valence-electron chi connectivity index (χ4n) is 2.54. The molecular weight excluding hydrogens is 258 g/mol. The molecule has 0 radical (unpaired) electrons. The average Bonchev–Trinajstić information content (AvgIpc) is 2.70. The number of fused-ring (bicyclic) bond motifs is 2. The fraction of sp³-hybridized carbons (Fsp3) is 0.900. The number of azide groups is 1. The predicted molar refractivity (Wildman–Crippen MR) is 59.9 cm³/mol. The van der Waals surface area contributed by atoms with Crippen LogP contribution in [0.1, 0.15) is 13.3 Å². The molecule has 0 saturated carbocycles. The van der Waals surface area contributed by atoms with E-state index >= 15 is 0 Å². The minimum Gasteiger partial charge on any atom is -0.477 e. The molecule has 2 fully saturated rings. The molecule has 2 aliphatic heterocycles. The maximum absolute atomic E-state index is 11.3. The Morgan fingerprint density at radius 1 is 1.63 bits per heavy atom. The van der Waals surface area contributed by atoms with Crippen LogP contribution in [0.5, 0.6) is 0 Å². The van der Waals surface area contributed by atoms with Crippen molar-refractivity contribution in [3.05, 3.63) is 10.4 Å². The summed E-state index contributed by atoms with van der Waals surface area (Å²) in [4.78, 5) is 13.9. The molecule has 2 rings (SSSR count). The van der Waals surface area contributed by atoms with Crippen molar-refractivity contribution < 1.29 is 29.6 Å². The second-order valence-electron chi connectivity index (χ2n) is 4.81. The summed E-state index contributed by atoms with van der Waals surface area (Å²) in [6, 6.07) is -0.955. The highest BCUT2D eigenvalue weighted by Gasteiger charge is 2.61. The SMILES string of the molecule is C[C@H]1C2O[C@@](C(=O)O)(C[C@H]1O)OC2[C@@H](CO)N=[N+]=[N-]. The van der Waals surface area contributed by atoms with E-state index in [1.54, 1.807) is 6.92 Å². The monoisotopic (exact) mass is 273 g/mol. The summed E-state index contributed by atoms with van der Waals surface area (Å²) >= 11 is 0. The number of rotatable bonds is 4. The Balaban J connectivity index is 2.33. The topological polar surface area (TPSA) is 145 Å². The quantitative estimate of drug-likeness (QED) is 0.361. The van der Waals surface area contributed by atoms with Crippen LogP contribution in [-0.4, -0.2) is 58.0 Å². The summed E-state index contributed by atoms with van der Waals surface area (Å²) in [6.07, 6.45) is -2.75. The van der Waals surface area contributed by atoms with Crippen molar-refractivity contribution in [3.8, 4) is 0 Å². The van der Waals surface area contributed by atoms with Crippen LogP contribution in [0.25, 0.3) is 10.4 Å². The van der Waals surface area contributed by atoms with Crippen LogP contribution >= 0.6 is 0 Å². The molecule has 0 spiro atoms. The van der Waals surface area contributed by atoms with Crippen molar-refractivity contribution in [2.45, 2.75) is 43.5 Å². The van der Waals surface area contributed by atoms with Crippen molar-refractivity contribution >= 4 is 5.97 Å². The molecule has 3 N–H and O–H groups in total. The summed E-state index contributed by atoms with van der Waals surface area (Å²) in [5.74, 6) is -3.66. The van der Waals surface area contributed by atoms with Gasteiger partial charge in [0, 0.05) is 17.3 Å². The smallest absolute Gasteiger partial charge is 0.364 e. The number of hydrogen-bond donors (Lipinski definition) is 3. The van der Waals surface area contributed by atoms with Crippen LogP contribution in [0.3, 0.4) is 0 Å². The summed E-state index contributed by atoms with van der Waals surface area (Å²) in [6.45, 7) is 1.19. The number of hydrogen-bond acceptors (Lipinski definition) is 6. The molecule has 0 aliphatic carbocycles. The van der Waals surface area contributed by atoms with Crippen LogP contribution in [0.4, 0.5) is 0 Å². The zero-order valence-electron chi connectivity index (χ0n) is 10.2. The summed E-state index contributed by atoms with van der Waals surface area (Å²) in [5.41, 5.74) is 8.45. The lowest BCUT2D eigenvalue weighted by atomic mass is 9.87. The molecule has 19 heavy (non-hydrogen) atoms. The average molecular weight is 273 g/mol. The minimum absolute atomic E-state index is 0.203. The van der Waals surface area contributed by atoms with E-state index in [1.807, 2.05) is 0 Å². The molecule has 9 heteroatoms. The number of aliphatic hydroxyl groups is 2. The standard InChI is InChI=1S/C10H15N3O6/c1-4-6(15)2-10(9(16)17)18-7(4)8(19-10)5(3-14)12-13-11/h4-8,14-15H,2-3H2,1H3,(H,16,17)/t4-,5-,6-,7?,8?,10+/m1/s1. The van der Waals surface area contributed by atoms with Crippen LogP contribution in [0.15, 0.2) is 5.11 Å². The largest absolute Gasteiger partial charge is 0.477 e. The maximum Gasteiger partial charge on any atom is 0.364 e. The molecule has 2 heterocycles. The third-order valence-corrected chi connectivity index (χ3v) is 3.67. The molecule has 0 aromatic heterocycles. The van der Waals surface area contributed by atoms with Gasteiger partial charge in [0.05, 0.1) is 31.0 Å². The molecule has 0 amide bonds. The number of carbonyl (C=O) groups is 1. The number of aliphatic carboxylic acids is 1. The number of ether oxygens (including phenoxy) is 2. The first-order valence-corrected chi connectivity index (χ1v) is 5.87. The lowest BCUT2D eigenvalue weighted by Gasteiger charge is -2.35. The highest BCUT2D eigenvalue weighted by molar-refractivity contribution is 5.76. The summed E-state index contributed by atoms with van der Waals surface area (Å²) in [7, 11) is 0. The van der Waals surface area contributed by atoms with Crippen molar-refractivity contribution in [1.29, 1.82) is 0 Å². The van der Waals surface area contributed by atoms with Gasteiger partial charge in [-0.15, -0.1) is 0 Å². The van der Waals surface area contributed by atoms with Gasteiger partial charge in [-0.3, -0.25) is 0 Å². The van der Waals surface area contributed by atoms with Crippen molar-refractivity contribution in [2.75, 3.05) is 6.61 Å². The Hall–Kier alpha value is -1.38. The first kappa shape index (κ1) is 14.0. The first-order chi connectivity index (χ1) is 8.95. The molecule has 6 atom stereocenters. The molecule has 106 valence electrons. The van der Waals surface area contributed by atoms with Crippen molar-refractivity contribution in [3.63, 3.8) is 0 Å². The third-order valence-electron chi connectivity index (χ3n) is 3.67. The minimum atomic E-state index is -1.93. The molecule has 2 aliphatic rings. The van der Waals surface area contributed by atoms with Crippen LogP contribution < -0.4 is 0 Å². The Labute approximate surface area is 108 Å². The number of carboxylic acid groups (broad SMARTS) is 1. The second kappa shape index (κ2) is 4.95. The van der Waals surface area contributed by atoms with Gasteiger partial charge in [0.2, 0.25) is 0 Å². The predicted octanol–water partition coefficient (Wildman–Crippen LogP) is -0.377. The second-order valence-corrected chi connectivity index (χ2v) is 4.81. The van der Waals surface area contributed by atoms with Crippen LogP contribution in [-0.2, 0) is 14.3 Å². The van der Waals surface area contributed by atoms with E-state index in [0.29, 0.717) is 0 Å². The molecule has 9 nitrogen and oxygen atoms in total. The highest BCUT2D eigenvalue weighted by atomic mass is 16.8. The molecule has 2 unspecified atom stereocenters. The zero-order valence-corrected chi connectivity index (χ0v) is 10.2. The molecular formula is C10H15N3O6. The molecule has 2 bridgehead atoms. The Morgan fingerprint density at radius 2 is 2.32 bits per heavy atom. The maximum atomic E-state index is 11.3. The van der Waals surface area contributed by atoms with Crippen molar-refractivity contribution in [1.82, 2.24) is 0 Å². The normalized spacial score (nSPS) is 42.5. The molecule has 2 saturated heterocycles. The summed E-state index contributed by atoms with van der Waals surface area (Å²) in [5, 5.41) is 31.7.